The lowest BCUT2D eigenvalue weighted by Crippen LogP contribution is -2.29. The Kier molecular flexibility index (Phi) is 4.59. The molecule has 0 amide bonds. The molecule has 4 nitrogen and oxygen atoms in total. The summed E-state index contributed by atoms with van der Waals surface area (Å²) < 4.78 is 0. The van der Waals surface area contributed by atoms with Crippen LogP contribution in [-0.4, -0.2) is 18.1 Å². The highest BCUT2D eigenvalue weighted by Crippen LogP contribution is 2.14. The van der Waals surface area contributed by atoms with Crippen LogP contribution in [0.1, 0.15) is 20.3 Å². The third-order valence-electron chi connectivity index (χ3n) is 2.17. The molecule has 86 valence electrons. The Morgan fingerprint density at radius 1 is 1.50 bits per heavy atom. The van der Waals surface area contributed by atoms with E-state index in [1.54, 1.807) is 6.20 Å². The van der Waals surface area contributed by atoms with Gasteiger partial charge in [0.25, 0.3) is 0 Å². The Morgan fingerprint density at radius 2 is 2.25 bits per heavy atom. The van der Waals surface area contributed by atoms with Crippen molar-refractivity contribution in [3.63, 3.8) is 0 Å². The van der Waals surface area contributed by atoms with Crippen molar-refractivity contribution in [2.45, 2.75) is 20.3 Å². The molecule has 1 rings (SSSR count). The largest absolute Gasteiger partial charge is 0.397 e. The zero-order valence-electron chi connectivity index (χ0n) is 9.85. The number of aromatic nitrogens is 1. The molecule has 0 unspecified atom stereocenters. The van der Waals surface area contributed by atoms with Crippen molar-refractivity contribution in [1.82, 2.24) is 4.98 Å². The molecular formula is C12H18N4. The van der Waals surface area contributed by atoms with E-state index >= 15 is 0 Å². The molecule has 0 aliphatic rings. The molecule has 1 aromatic rings. The predicted molar refractivity (Wildman–Crippen MR) is 65.9 cm³/mol. The van der Waals surface area contributed by atoms with Crippen LogP contribution in [0.3, 0.4) is 0 Å². The average Bonchev–Trinajstić information content (AvgIpc) is 2.25. The van der Waals surface area contributed by atoms with Crippen molar-refractivity contribution < 1.29 is 0 Å². The van der Waals surface area contributed by atoms with Crippen LogP contribution in [0.15, 0.2) is 18.3 Å². The second kappa shape index (κ2) is 5.96. The normalized spacial score (nSPS) is 10.1. The van der Waals surface area contributed by atoms with Crippen LogP contribution in [0.4, 0.5) is 11.5 Å². The van der Waals surface area contributed by atoms with E-state index in [0.29, 0.717) is 24.6 Å². The molecule has 0 bridgehead atoms. The van der Waals surface area contributed by atoms with Crippen molar-refractivity contribution in [2.75, 3.05) is 23.7 Å². The van der Waals surface area contributed by atoms with Crippen LogP contribution in [0, 0.1) is 17.2 Å². The summed E-state index contributed by atoms with van der Waals surface area (Å²) in [5.74, 6) is 1.43. The van der Waals surface area contributed by atoms with Gasteiger partial charge in [-0.05, 0) is 18.1 Å². The van der Waals surface area contributed by atoms with Crippen molar-refractivity contribution in [2.24, 2.45) is 5.92 Å². The van der Waals surface area contributed by atoms with E-state index in [0.717, 1.165) is 12.4 Å². The van der Waals surface area contributed by atoms with E-state index in [2.05, 4.69) is 29.8 Å². The Labute approximate surface area is 96.7 Å². The first kappa shape index (κ1) is 12.3. The first-order valence-electron chi connectivity index (χ1n) is 5.47. The van der Waals surface area contributed by atoms with Crippen LogP contribution >= 0.6 is 0 Å². The molecule has 1 aromatic heterocycles. The molecule has 0 fully saturated rings. The molecule has 0 atom stereocenters. The Bertz CT molecular complexity index is 350. The zero-order chi connectivity index (χ0) is 12.0. The second-order valence-electron chi connectivity index (χ2n) is 4.20. The molecular weight excluding hydrogens is 200 g/mol. The summed E-state index contributed by atoms with van der Waals surface area (Å²) in [7, 11) is 0. The highest BCUT2D eigenvalue weighted by atomic mass is 15.2. The number of anilines is 2. The van der Waals surface area contributed by atoms with Crippen molar-refractivity contribution >= 4 is 11.5 Å². The smallest absolute Gasteiger partial charge is 0.128 e. The summed E-state index contributed by atoms with van der Waals surface area (Å²) in [6.07, 6.45) is 2.16. The van der Waals surface area contributed by atoms with Gasteiger partial charge in [-0.1, -0.05) is 13.8 Å². The SMILES string of the molecule is CC(C)CN(CCC#N)c1ccc(N)cn1. The van der Waals surface area contributed by atoms with Crippen LogP contribution < -0.4 is 10.6 Å². The van der Waals surface area contributed by atoms with E-state index in [9.17, 15) is 0 Å². The van der Waals surface area contributed by atoms with Gasteiger partial charge in [-0.25, -0.2) is 4.98 Å². The zero-order valence-corrected chi connectivity index (χ0v) is 9.85. The maximum atomic E-state index is 8.62. The lowest BCUT2D eigenvalue weighted by molar-refractivity contribution is 0.608. The number of pyridine rings is 1. The van der Waals surface area contributed by atoms with Crippen LogP contribution in [-0.2, 0) is 0 Å². The number of hydrogen-bond acceptors (Lipinski definition) is 4. The van der Waals surface area contributed by atoms with Crippen molar-refractivity contribution in [3.05, 3.63) is 18.3 Å². The minimum absolute atomic E-state index is 0.513. The van der Waals surface area contributed by atoms with Gasteiger partial charge >= 0.3 is 0 Å². The highest BCUT2D eigenvalue weighted by Gasteiger charge is 2.09. The molecule has 0 saturated carbocycles. The summed E-state index contributed by atoms with van der Waals surface area (Å²) in [6.45, 7) is 5.91. The molecule has 0 radical (unpaired) electrons. The van der Waals surface area contributed by atoms with Crippen LogP contribution in [0.5, 0.6) is 0 Å². The van der Waals surface area contributed by atoms with Gasteiger partial charge < -0.3 is 10.6 Å². The molecule has 0 aliphatic carbocycles. The van der Waals surface area contributed by atoms with Gasteiger partial charge in [0.15, 0.2) is 0 Å². The van der Waals surface area contributed by atoms with E-state index < -0.39 is 0 Å². The molecule has 4 heteroatoms. The Balaban J connectivity index is 2.75. The summed E-state index contributed by atoms with van der Waals surface area (Å²) in [5, 5.41) is 8.62. The second-order valence-corrected chi connectivity index (χ2v) is 4.20. The molecule has 1 heterocycles. The van der Waals surface area contributed by atoms with E-state index in [1.165, 1.54) is 0 Å². The third-order valence-corrected chi connectivity index (χ3v) is 2.17. The summed E-state index contributed by atoms with van der Waals surface area (Å²) in [6, 6.07) is 5.89. The minimum Gasteiger partial charge on any atom is -0.397 e. The van der Waals surface area contributed by atoms with Crippen molar-refractivity contribution in [3.8, 4) is 6.07 Å². The number of nitriles is 1. The number of nitrogens with two attached hydrogens (primary N) is 1. The molecule has 0 aliphatic heterocycles. The summed E-state index contributed by atoms with van der Waals surface area (Å²) >= 11 is 0. The molecule has 2 N–H and O–H groups in total. The first-order valence-corrected chi connectivity index (χ1v) is 5.47. The topological polar surface area (TPSA) is 65.9 Å². The van der Waals surface area contributed by atoms with E-state index in [-0.39, 0.29) is 0 Å². The van der Waals surface area contributed by atoms with Crippen LogP contribution in [0.25, 0.3) is 0 Å². The number of hydrogen-bond donors (Lipinski definition) is 1. The van der Waals surface area contributed by atoms with Crippen molar-refractivity contribution in [1.29, 1.82) is 5.26 Å². The fourth-order valence-electron chi connectivity index (χ4n) is 1.51. The fraction of sp³-hybridized carbons (Fsp3) is 0.500. The van der Waals surface area contributed by atoms with Crippen LogP contribution in [0.2, 0.25) is 0 Å². The Hall–Kier alpha value is -1.76. The molecule has 16 heavy (non-hydrogen) atoms. The average molecular weight is 218 g/mol. The fourth-order valence-corrected chi connectivity index (χ4v) is 1.51. The lowest BCUT2D eigenvalue weighted by Gasteiger charge is -2.24. The van der Waals surface area contributed by atoms with E-state index in [4.69, 9.17) is 11.0 Å². The molecule has 0 saturated heterocycles. The third kappa shape index (κ3) is 3.77. The van der Waals surface area contributed by atoms with Gasteiger partial charge in [0, 0.05) is 13.1 Å². The Morgan fingerprint density at radius 3 is 2.75 bits per heavy atom. The standard InChI is InChI=1S/C12H18N4/c1-10(2)9-16(7-3-6-13)12-5-4-11(14)8-15-12/h4-5,8,10H,3,7,9,14H2,1-2H3. The van der Waals surface area contributed by atoms with Gasteiger partial charge in [0.1, 0.15) is 5.82 Å². The minimum atomic E-state index is 0.513. The summed E-state index contributed by atoms with van der Waals surface area (Å²) in [4.78, 5) is 6.39. The number of nitrogens with zero attached hydrogens (tertiary/aromatic N) is 3. The predicted octanol–water partition coefficient (Wildman–Crippen LogP) is 2.04. The van der Waals surface area contributed by atoms with Gasteiger partial charge in [-0.15, -0.1) is 0 Å². The summed E-state index contributed by atoms with van der Waals surface area (Å²) in [5.41, 5.74) is 6.26. The lowest BCUT2D eigenvalue weighted by atomic mass is 10.2. The van der Waals surface area contributed by atoms with E-state index in [1.807, 2.05) is 12.1 Å². The monoisotopic (exact) mass is 218 g/mol. The highest BCUT2D eigenvalue weighted by molar-refractivity contribution is 5.45. The van der Waals surface area contributed by atoms with Gasteiger partial charge in [0.05, 0.1) is 24.4 Å². The van der Waals surface area contributed by atoms with Gasteiger partial charge in [0.2, 0.25) is 0 Å². The maximum Gasteiger partial charge on any atom is 0.128 e. The number of nitrogen functional groups attached to an aromatic ring is 1. The molecule has 0 spiro atoms. The van der Waals surface area contributed by atoms with Gasteiger partial charge in [-0.3, -0.25) is 0 Å². The number of rotatable bonds is 5. The molecule has 0 aromatic carbocycles. The quantitative estimate of drug-likeness (QED) is 0.821. The first-order chi connectivity index (χ1) is 7.63. The maximum absolute atomic E-state index is 8.62. The van der Waals surface area contributed by atoms with Gasteiger partial charge in [-0.2, -0.15) is 5.26 Å².